The van der Waals surface area contributed by atoms with Crippen LogP contribution in [0.1, 0.15) is 26.7 Å². The number of hydrogen-bond acceptors (Lipinski definition) is 4. The van der Waals surface area contributed by atoms with E-state index in [9.17, 15) is 9.18 Å². The van der Waals surface area contributed by atoms with E-state index in [2.05, 4.69) is 25.4 Å². The van der Waals surface area contributed by atoms with E-state index in [1.165, 1.54) is 6.07 Å². The molecule has 3 rings (SSSR count). The molecule has 1 saturated carbocycles. The fourth-order valence-electron chi connectivity index (χ4n) is 3.26. The number of carbonyl (C=O) groups is 1. The van der Waals surface area contributed by atoms with E-state index in [4.69, 9.17) is 4.74 Å². The molecule has 1 aromatic rings. The molecule has 1 aliphatic heterocycles. The molecule has 2 aliphatic rings. The standard InChI is InChI=1S/C21H32FN5O2.HI/c1-3-23-21(24-14-16(2)29-19-7-5-4-6-18(19)22)27-12-10-26(11-13-27)15-20(28)25-17-8-9-17;/h4-7,16-17H,3,8-15H2,1-2H3,(H,23,24)(H,25,28);1H. The number of ether oxygens (including phenoxy) is 1. The SMILES string of the molecule is CCNC(=NCC(C)Oc1ccccc1F)N1CCN(CC(=O)NC2CC2)CC1.I. The van der Waals surface area contributed by atoms with Crippen LogP contribution in [-0.4, -0.2) is 79.6 Å². The number of guanidine groups is 1. The first-order valence-corrected chi connectivity index (χ1v) is 10.5. The molecule has 1 atom stereocenters. The number of para-hydroxylation sites is 1. The van der Waals surface area contributed by atoms with Crippen molar-refractivity contribution in [3.05, 3.63) is 30.1 Å². The second-order valence-electron chi connectivity index (χ2n) is 7.66. The van der Waals surface area contributed by atoms with E-state index in [0.29, 0.717) is 19.1 Å². The molecule has 168 valence electrons. The van der Waals surface area contributed by atoms with Crippen LogP contribution in [0.15, 0.2) is 29.3 Å². The quantitative estimate of drug-likeness (QED) is 0.305. The number of rotatable bonds is 8. The summed E-state index contributed by atoms with van der Waals surface area (Å²) in [7, 11) is 0. The first-order chi connectivity index (χ1) is 14.0. The number of nitrogens with zero attached hydrogens (tertiary/aromatic N) is 3. The number of carbonyl (C=O) groups excluding carboxylic acids is 1. The molecule has 2 N–H and O–H groups in total. The molecular weight excluding hydrogens is 500 g/mol. The highest BCUT2D eigenvalue weighted by Crippen LogP contribution is 2.18. The molecule has 0 radical (unpaired) electrons. The molecule has 30 heavy (non-hydrogen) atoms. The smallest absolute Gasteiger partial charge is 0.234 e. The summed E-state index contributed by atoms with van der Waals surface area (Å²) < 4.78 is 19.4. The van der Waals surface area contributed by atoms with Gasteiger partial charge in [-0.25, -0.2) is 9.38 Å². The lowest BCUT2D eigenvalue weighted by atomic mass is 10.3. The molecule has 1 heterocycles. The van der Waals surface area contributed by atoms with E-state index in [0.717, 1.165) is 51.5 Å². The molecule has 0 aromatic heterocycles. The molecule has 1 unspecified atom stereocenters. The zero-order valence-electron chi connectivity index (χ0n) is 17.8. The molecule has 1 aliphatic carbocycles. The average molecular weight is 533 g/mol. The molecule has 0 bridgehead atoms. The molecule has 0 spiro atoms. The average Bonchev–Trinajstić information content (AvgIpc) is 3.51. The van der Waals surface area contributed by atoms with Gasteiger partial charge in [-0.05, 0) is 38.8 Å². The first-order valence-electron chi connectivity index (χ1n) is 10.5. The van der Waals surface area contributed by atoms with Gasteiger partial charge < -0.3 is 20.3 Å². The Morgan fingerprint density at radius 2 is 1.97 bits per heavy atom. The van der Waals surface area contributed by atoms with Crippen LogP contribution < -0.4 is 15.4 Å². The number of nitrogens with one attached hydrogen (secondary N) is 2. The van der Waals surface area contributed by atoms with Gasteiger partial charge in [0.25, 0.3) is 0 Å². The Kier molecular flexibility index (Phi) is 10.1. The van der Waals surface area contributed by atoms with Gasteiger partial charge in [-0.3, -0.25) is 9.69 Å². The minimum atomic E-state index is -0.364. The zero-order valence-corrected chi connectivity index (χ0v) is 20.1. The predicted octanol–water partition coefficient (Wildman–Crippen LogP) is 2.07. The molecule has 1 saturated heterocycles. The molecule has 1 amide bonds. The Hall–Kier alpha value is -1.62. The lowest BCUT2D eigenvalue weighted by molar-refractivity contribution is -0.122. The van der Waals surface area contributed by atoms with Gasteiger partial charge in [0.1, 0.15) is 6.10 Å². The van der Waals surface area contributed by atoms with Crippen molar-refractivity contribution in [3.8, 4) is 5.75 Å². The van der Waals surface area contributed by atoms with Crippen LogP contribution in [0.2, 0.25) is 0 Å². The van der Waals surface area contributed by atoms with Gasteiger partial charge in [-0.2, -0.15) is 0 Å². The van der Waals surface area contributed by atoms with Crippen molar-refractivity contribution in [2.24, 2.45) is 4.99 Å². The second kappa shape index (κ2) is 12.3. The van der Waals surface area contributed by atoms with Gasteiger partial charge >= 0.3 is 0 Å². The van der Waals surface area contributed by atoms with Gasteiger partial charge in [-0.15, -0.1) is 24.0 Å². The highest BCUT2D eigenvalue weighted by atomic mass is 127. The summed E-state index contributed by atoms with van der Waals surface area (Å²) in [6, 6.07) is 6.82. The van der Waals surface area contributed by atoms with Crippen molar-refractivity contribution >= 4 is 35.8 Å². The Morgan fingerprint density at radius 3 is 2.60 bits per heavy atom. The molecule has 7 nitrogen and oxygen atoms in total. The molecule has 9 heteroatoms. The summed E-state index contributed by atoms with van der Waals surface area (Å²) in [5, 5.41) is 6.36. The maximum absolute atomic E-state index is 13.7. The number of amides is 1. The normalized spacial score (nSPS) is 18.4. The minimum absolute atomic E-state index is 0. The summed E-state index contributed by atoms with van der Waals surface area (Å²) >= 11 is 0. The van der Waals surface area contributed by atoms with Crippen LogP contribution in [0.3, 0.4) is 0 Å². The van der Waals surface area contributed by atoms with Gasteiger partial charge in [-0.1, -0.05) is 12.1 Å². The van der Waals surface area contributed by atoms with Crippen LogP contribution in [0.5, 0.6) is 5.75 Å². The monoisotopic (exact) mass is 533 g/mol. The van der Waals surface area contributed by atoms with Gasteiger partial charge in [0.2, 0.25) is 5.91 Å². The third-order valence-corrected chi connectivity index (χ3v) is 4.98. The van der Waals surface area contributed by atoms with Crippen molar-refractivity contribution < 1.29 is 13.9 Å². The van der Waals surface area contributed by atoms with E-state index in [1.54, 1.807) is 18.2 Å². The fraction of sp³-hybridized carbons (Fsp3) is 0.619. The van der Waals surface area contributed by atoms with Crippen LogP contribution in [0, 0.1) is 5.82 Å². The van der Waals surface area contributed by atoms with Crippen molar-refractivity contribution in [3.63, 3.8) is 0 Å². The third kappa shape index (κ3) is 7.90. The van der Waals surface area contributed by atoms with Crippen molar-refractivity contribution in [1.29, 1.82) is 0 Å². The van der Waals surface area contributed by atoms with Crippen molar-refractivity contribution in [2.45, 2.75) is 38.8 Å². The van der Waals surface area contributed by atoms with E-state index in [1.807, 2.05) is 13.8 Å². The van der Waals surface area contributed by atoms with E-state index < -0.39 is 0 Å². The minimum Gasteiger partial charge on any atom is -0.486 e. The van der Waals surface area contributed by atoms with Crippen molar-refractivity contribution in [1.82, 2.24) is 20.4 Å². The van der Waals surface area contributed by atoms with Gasteiger partial charge in [0.15, 0.2) is 17.5 Å². The number of halogens is 2. The predicted molar refractivity (Wildman–Crippen MR) is 127 cm³/mol. The number of aliphatic imine (C=N–C) groups is 1. The molecular formula is C21H33FIN5O2. The largest absolute Gasteiger partial charge is 0.486 e. The topological polar surface area (TPSA) is 69.2 Å². The Labute approximate surface area is 195 Å². The number of benzene rings is 1. The molecule has 1 aromatic carbocycles. The lowest BCUT2D eigenvalue weighted by Gasteiger charge is -2.36. The van der Waals surface area contributed by atoms with Crippen LogP contribution in [0.25, 0.3) is 0 Å². The summed E-state index contributed by atoms with van der Waals surface area (Å²) in [6.07, 6.45) is 1.98. The zero-order chi connectivity index (χ0) is 20.6. The maximum Gasteiger partial charge on any atom is 0.234 e. The summed E-state index contributed by atoms with van der Waals surface area (Å²) in [4.78, 5) is 21.1. The second-order valence-corrected chi connectivity index (χ2v) is 7.66. The first kappa shape index (κ1) is 24.6. The van der Waals surface area contributed by atoms with Crippen LogP contribution in [-0.2, 0) is 4.79 Å². The maximum atomic E-state index is 13.7. The number of hydrogen-bond donors (Lipinski definition) is 2. The Bertz CT molecular complexity index is 708. The third-order valence-electron chi connectivity index (χ3n) is 4.98. The fourth-order valence-corrected chi connectivity index (χ4v) is 3.26. The Morgan fingerprint density at radius 1 is 1.27 bits per heavy atom. The lowest BCUT2D eigenvalue weighted by Crippen LogP contribution is -2.54. The van der Waals surface area contributed by atoms with Gasteiger partial charge in [0.05, 0.1) is 13.1 Å². The van der Waals surface area contributed by atoms with Crippen molar-refractivity contribution in [2.75, 3.05) is 45.8 Å². The summed E-state index contributed by atoms with van der Waals surface area (Å²) in [5.74, 6) is 0.842. The number of piperazine rings is 1. The van der Waals surface area contributed by atoms with Gasteiger partial charge in [0, 0.05) is 38.8 Å². The van der Waals surface area contributed by atoms with E-state index in [-0.39, 0.29) is 47.6 Å². The van der Waals surface area contributed by atoms with E-state index >= 15 is 0 Å². The Balaban J connectivity index is 0.00000320. The highest BCUT2D eigenvalue weighted by Gasteiger charge is 2.26. The summed E-state index contributed by atoms with van der Waals surface area (Å²) in [6.45, 7) is 8.85. The summed E-state index contributed by atoms with van der Waals surface area (Å²) in [5.41, 5.74) is 0. The van der Waals surface area contributed by atoms with Crippen LogP contribution >= 0.6 is 24.0 Å². The molecule has 2 fully saturated rings. The highest BCUT2D eigenvalue weighted by molar-refractivity contribution is 14.0. The van der Waals surface area contributed by atoms with Crippen LogP contribution in [0.4, 0.5) is 4.39 Å².